The van der Waals surface area contributed by atoms with Crippen LogP contribution in [0.4, 0.5) is 0 Å². The average Bonchev–Trinajstić information content (AvgIpc) is 2.25. The Kier molecular flexibility index (Phi) is 5.45. The smallest absolute Gasteiger partial charge is 0.230 e. The second-order valence-electron chi connectivity index (χ2n) is 2.65. The van der Waals surface area contributed by atoms with Crippen LogP contribution in [0.2, 0.25) is 5.02 Å². The van der Waals surface area contributed by atoms with E-state index in [4.69, 9.17) is 16.7 Å². The molecule has 1 heterocycles. The van der Waals surface area contributed by atoms with Crippen LogP contribution >= 0.6 is 23.4 Å². The highest BCUT2D eigenvalue weighted by molar-refractivity contribution is 8.00. The van der Waals surface area contributed by atoms with Gasteiger partial charge in [0.05, 0.1) is 17.4 Å². The molecular formula is C9H11ClN2O2S. The number of carbonyl (C=O) groups is 1. The predicted octanol–water partition coefficient (Wildman–Crippen LogP) is 0.936. The lowest BCUT2D eigenvalue weighted by molar-refractivity contribution is -0.118. The fourth-order valence-electron chi connectivity index (χ4n) is 0.858. The molecule has 15 heavy (non-hydrogen) atoms. The number of nitrogens with zero attached hydrogens (tertiary/aromatic N) is 1. The lowest BCUT2D eigenvalue weighted by atomic mass is 10.5. The Labute approximate surface area is 97.0 Å². The number of halogens is 1. The predicted molar refractivity (Wildman–Crippen MR) is 60.1 cm³/mol. The molecule has 0 saturated heterocycles. The van der Waals surface area contributed by atoms with Gasteiger partial charge in [0.25, 0.3) is 0 Å². The van der Waals surface area contributed by atoms with E-state index in [1.54, 1.807) is 18.3 Å². The van der Waals surface area contributed by atoms with E-state index in [1.165, 1.54) is 11.8 Å². The molecule has 4 nitrogen and oxygen atoms in total. The third-order valence-corrected chi connectivity index (χ3v) is 2.92. The fourth-order valence-corrected chi connectivity index (χ4v) is 1.85. The van der Waals surface area contributed by atoms with Crippen LogP contribution in [-0.4, -0.2) is 34.9 Å². The molecule has 82 valence electrons. The Morgan fingerprint density at radius 1 is 1.67 bits per heavy atom. The summed E-state index contributed by atoms with van der Waals surface area (Å²) in [5.74, 6) is 0.104. The third-order valence-electron chi connectivity index (χ3n) is 1.50. The standard InChI is InChI=1S/C9H11ClN2O2S/c10-7-2-1-3-12-9(7)15-6-8(14)11-4-5-13/h1-3,13H,4-6H2,(H,11,14). The molecule has 0 aliphatic rings. The summed E-state index contributed by atoms with van der Waals surface area (Å²) in [7, 11) is 0. The first-order valence-electron chi connectivity index (χ1n) is 4.35. The van der Waals surface area contributed by atoms with Crippen molar-refractivity contribution in [3.05, 3.63) is 23.4 Å². The molecule has 0 radical (unpaired) electrons. The van der Waals surface area contributed by atoms with Crippen LogP contribution in [0.3, 0.4) is 0 Å². The molecule has 0 saturated carbocycles. The summed E-state index contributed by atoms with van der Waals surface area (Å²) in [6.07, 6.45) is 1.62. The molecule has 0 aliphatic carbocycles. The Morgan fingerprint density at radius 2 is 2.47 bits per heavy atom. The van der Waals surface area contributed by atoms with Gasteiger partial charge < -0.3 is 10.4 Å². The van der Waals surface area contributed by atoms with Crippen LogP contribution in [0.15, 0.2) is 23.4 Å². The molecule has 1 aromatic rings. The van der Waals surface area contributed by atoms with E-state index in [9.17, 15) is 4.79 Å². The van der Waals surface area contributed by atoms with E-state index >= 15 is 0 Å². The highest BCUT2D eigenvalue weighted by atomic mass is 35.5. The number of hydrogen-bond donors (Lipinski definition) is 2. The van der Waals surface area contributed by atoms with Gasteiger partial charge in [-0.15, -0.1) is 0 Å². The number of thioether (sulfide) groups is 1. The second-order valence-corrected chi connectivity index (χ2v) is 4.02. The number of aliphatic hydroxyl groups excluding tert-OH is 1. The van der Waals surface area contributed by atoms with Crippen molar-refractivity contribution in [2.45, 2.75) is 5.03 Å². The van der Waals surface area contributed by atoms with Gasteiger partial charge in [0.1, 0.15) is 5.03 Å². The fraction of sp³-hybridized carbons (Fsp3) is 0.333. The van der Waals surface area contributed by atoms with Crippen molar-refractivity contribution in [2.75, 3.05) is 18.9 Å². The average molecular weight is 247 g/mol. The van der Waals surface area contributed by atoms with Crippen LogP contribution in [-0.2, 0) is 4.79 Å². The summed E-state index contributed by atoms with van der Waals surface area (Å²) in [6, 6.07) is 3.46. The maximum absolute atomic E-state index is 11.2. The first-order valence-corrected chi connectivity index (χ1v) is 5.71. The highest BCUT2D eigenvalue weighted by Crippen LogP contribution is 2.23. The zero-order valence-electron chi connectivity index (χ0n) is 7.94. The molecule has 0 aromatic carbocycles. The first-order chi connectivity index (χ1) is 7.24. The Bertz CT molecular complexity index is 336. The number of aromatic nitrogens is 1. The molecular weight excluding hydrogens is 236 g/mol. The van der Waals surface area contributed by atoms with Crippen molar-refractivity contribution in [1.82, 2.24) is 10.3 Å². The van der Waals surface area contributed by atoms with Crippen LogP contribution in [0.5, 0.6) is 0 Å². The van der Waals surface area contributed by atoms with E-state index < -0.39 is 0 Å². The summed E-state index contributed by atoms with van der Waals surface area (Å²) in [5.41, 5.74) is 0. The third kappa shape index (κ3) is 4.51. The first kappa shape index (κ1) is 12.3. The van der Waals surface area contributed by atoms with Gasteiger partial charge in [0.15, 0.2) is 0 Å². The summed E-state index contributed by atoms with van der Waals surface area (Å²) in [4.78, 5) is 15.2. The van der Waals surface area contributed by atoms with Gasteiger partial charge in [-0.1, -0.05) is 23.4 Å². The lowest BCUT2D eigenvalue weighted by Gasteiger charge is -2.03. The molecule has 0 unspecified atom stereocenters. The van der Waals surface area contributed by atoms with Crippen molar-refractivity contribution in [1.29, 1.82) is 0 Å². The van der Waals surface area contributed by atoms with Crippen LogP contribution in [0.25, 0.3) is 0 Å². The van der Waals surface area contributed by atoms with Gasteiger partial charge >= 0.3 is 0 Å². The van der Waals surface area contributed by atoms with Crippen LogP contribution < -0.4 is 5.32 Å². The summed E-state index contributed by atoms with van der Waals surface area (Å²) in [6.45, 7) is 0.218. The number of rotatable bonds is 5. The zero-order chi connectivity index (χ0) is 11.1. The van der Waals surface area contributed by atoms with E-state index in [2.05, 4.69) is 10.3 Å². The number of amides is 1. The summed E-state index contributed by atoms with van der Waals surface area (Å²) < 4.78 is 0. The zero-order valence-corrected chi connectivity index (χ0v) is 9.51. The Balaban J connectivity index is 2.37. The van der Waals surface area contributed by atoms with Crippen molar-refractivity contribution in [3.63, 3.8) is 0 Å². The quantitative estimate of drug-likeness (QED) is 0.759. The Morgan fingerprint density at radius 3 is 3.13 bits per heavy atom. The largest absolute Gasteiger partial charge is 0.395 e. The monoisotopic (exact) mass is 246 g/mol. The SMILES string of the molecule is O=C(CSc1ncccc1Cl)NCCO. The van der Waals surface area contributed by atoms with E-state index in [-0.39, 0.29) is 24.8 Å². The number of hydrogen-bond acceptors (Lipinski definition) is 4. The minimum Gasteiger partial charge on any atom is -0.395 e. The van der Waals surface area contributed by atoms with Crippen molar-refractivity contribution >= 4 is 29.3 Å². The molecule has 0 aliphatic heterocycles. The molecule has 0 bridgehead atoms. The maximum Gasteiger partial charge on any atom is 0.230 e. The van der Waals surface area contributed by atoms with Crippen LogP contribution in [0.1, 0.15) is 0 Å². The minimum atomic E-state index is -0.143. The molecule has 0 fully saturated rings. The molecule has 1 amide bonds. The van der Waals surface area contributed by atoms with Crippen molar-refractivity contribution in [3.8, 4) is 0 Å². The minimum absolute atomic E-state index is 0.0548. The lowest BCUT2D eigenvalue weighted by Crippen LogP contribution is -2.27. The second kappa shape index (κ2) is 6.66. The van der Waals surface area contributed by atoms with Crippen molar-refractivity contribution < 1.29 is 9.90 Å². The number of nitrogens with one attached hydrogen (secondary N) is 1. The summed E-state index contributed by atoms with van der Waals surface area (Å²) in [5, 5.41) is 12.2. The number of pyridine rings is 1. The van der Waals surface area contributed by atoms with Crippen LogP contribution in [0, 0.1) is 0 Å². The van der Waals surface area contributed by atoms with Crippen molar-refractivity contribution in [2.24, 2.45) is 0 Å². The molecule has 0 atom stereocenters. The van der Waals surface area contributed by atoms with Gasteiger partial charge in [-0.25, -0.2) is 4.98 Å². The van der Waals surface area contributed by atoms with Gasteiger partial charge in [0, 0.05) is 12.7 Å². The number of carbonyl (C=O) groups excluding carboxylic acids is 1. The van der Waals surface area contributed by atoms with E-state index in [0.29, 0.717) is 10.0 Å². The molecule has 1 aromatic heterocycles. The normalized spacial score (nSPS) is 10.0. The van der Waals surface area contributed by atoms with E-state index in [0.717, 1.165) is 0 Å². The van der Waals surface area contributed by atoms with Gasteiger partial charge in [-0.2, -0.15) is 0 Å². The molecule has 0 spiro atoms. The van der Waals surface area contributed by atoms with Gasteiger partial charge in [-0.05, 0) is 12.1 Å². The topological polar surface area (TPSA) is 62.2 Å². The molecule has 6 heteroatoms. The van der Waals surface area contributed by atoms with E-state index in [1.807, 2.05) is 0 Å². The molecule has 1 rings (SSSR count). The maximum atomic E-state index is 11.2. The Hall–Kier alpha value is -0.780. The summed E-state index contributed by atoms with van der Waals surface area (Å²) >= 11 is 7.13. The molecule has 2 N–H and O–H groups in total. The van der Waals surface area contributed by atoms with Gasteiger partial charge in [0.2, 0.25) is 5.91 Å². The number of aliphatic hydroxyl groups is 1. The highest BCUT2D eigenvalue weighted by Gasteiger charge is 2.05. The van der Waals surface area contributed by atoms with Gasteiger partial charge in [-0.3, -0.25) is 4.79 Å².